The summed E-state index contributed by atoms with van der Waals surface area (Å²) in [6.45, 7) is 0.343. The van der Waals surface area contributed by atoms with Crippen molar-refractivity contribution in [2.45, 2.75) is 19.2 Å². The third-order valence-corrected chi connectivity index (χ3v) is 5.43. The first kappa shape index (κ1) is 20.3. The van der Waals surface area contributed by atoms with Crippen LogP contribution in [-0.2, 0) is 23.9 Å². The van der Waals surface area contributed by atoms with E-state index in [4.69, 9.17) is 4.74 Å². The number of thiophene rings is 1. The second-order valence-electron chi connectivity index (χ2n) is 6.16. The summed E-state index contributed by atoms with van der Waals surface area (Å²) in [7, 11) is 1.47. The lowest BCUT2D eigenvalue weighted by molar-refractivity contribution is -0.137. The van der Waals surface area contributed by atoms with Crippen LogP contribution in [-0.4, -0.2) is 19.6 Å². The molecule has 1 heterocycles. The van der Waals surface area contributed by atoms with Crippen molar-refractivity contribution in [2.24, 2.45) is 0 Å². The minimum absolute atomic E-state index is 0.0998. The fourth-order valence-electron chi connectivity index (χ4n) is 2.89. The Labute approximate surface area is 162 Å². The summed E-state index contributed by atoms with van der Waals surface area (Å²) in [6, 6.07) is 9.46. The predicted molar refractivity (Wildman–Crippen MR) is 100.0 cm³/mol. The molecule has 1 aromatic heterocycles. The Hall–Kier alpha value is -2.45. The Morgan fingerprint density at radius 2 is 1.86 bits per heavy atom. The van der Waals surface area contributed by atoms with Crippen LogP contribution in [0.2, 0.25) is 0 Å². The molecule has 0 fully saturated rings. The highest BCUT2D eigenvalue weighted by atomic mass is 32.1. The summed E-state index contributed by atoms with van der Waals surface area (Å²) in [4.78, 5) is 12.9. The third-order valence-electron chi connectivity index (χ3n) is 4.24. The molecule has 1 N–H and O–H groups in total. The zero-order chi connectivity index (χ0) is 20.3. The number of alkyl halides is 3. The van der Waals surface area contributed by atoms with Gasteiger partial charge in [-0.3, -0.25) is 4.79 Å². The molecule has 28 heavy (non-hydrogen) atoms. The van der Waals surface area contributed by atoms with Crippen LogP contribution in [0.15, 0.2) is 42.5 Å². The molecule has 8 heteroatoms. The average molecular weight is 411 g/mol. The fraction of sp³-hybridized carbons (Fsp3) is 0.250. The van der Waals surface area contributed by atoms with Crippen LogP contribution in [0.1, 0.15) is 26.4 Å². The van der Waals surface area contributed by atoms with Gasteiger partial charge in [0.25, 0.3) is 5.91 Å². The maximum absolute atomic E-state index is 14.2. The van der Waals surface area contributed by atoms with E-state index in [0.29, 0.717) is 32.5 Å². The van der Waals surface area contributed by atoms with E-state index in [-0.39, 0.29) is 19.1 Å². The summed E-state index contributed by atoms with van der Waals surface area (Å²) < 4.78 is 57.7. The minimum Gasteiger partial charge on any atom is -0.380 e. The van der Waals surface area contributed by atoms with Gasteiger partial charge in [0.2, 0.25) is 0 Å². The van der Waals surface area contributed by atoms with Crippen molar-refractivity contribution < 1.29 is 27.1 Å². The topological polar surface area (TPSA) is 38.3 Å². The van der Waals surface area contributed by atoms with Gasteiger partial charge in [0.05, 0.1) is 17.0 Å². The summed E-state index contributed by atoms with van der Waals surface area (Å²) >= 11 is 1.18. The molecule has 148 valence electrons. The highest BCUT2D eigenvalue weighted by molar-refractivity contribution is 7.21. The molecule has 2 aromatic carbocycles. The molecule has 0 unspecified atom stereocenters. The van der Waals surface area contributed by atoms with Gasteiger partial charge in [-0.2, -0.15) is 13.2 Å². The number of carbonyl (C=O) groups is 1. The van der Waals surface area contributed by atoms with Crippen molar-refractivity contribution in [1.82, 2.24) is 5.32 Å². The molecular weight excluding hydrogens is 394 g/mol. The lowest BCUT2D eigenvalue weighted by atomic mass is 10.1. The van der Waals surface area contributed by atoms with Crippen molar-refractivity contribution >= 4 is 27.3 Å². The largest absolute Gasteiger partial charge is 0.416 e. The maximum atomic E-state index is 14.2. The van der Waals surface area contributed by atoms with Gasteiger partial charge in [0, 0.05) is 29.3 Å². The van der Waals surface area contributed by atoms with Gasteiger partial charge in [0.15, 0.2) is 0 Å². The number of carbonyl (C=O) groups excluding carboxylic acids is 1. The fourth-order valence-corrected chi connectivity index (χ4v) is 4.03. The zero-order valence-electron chi connectivity index (χ0n) is 14.9. The predicted octanol–water partition coefficient (Wildman–Crippen LogP) is 5.18. The van der Waals surface area contributed by atoms with E-state index in [1.165, 1.54) is 36.6 Å². The van der Waals surface area contributed by atoms with E-state index in [2.05, 4.69) is 5.32 Å². The lowest BCUT2D eigenvalue weighted by Gasteiger charge is -2.09. The zero-order valence-corrected chi connectivity index (χ0v) is 15.7. The first-order valence-corrected chi connectivity index (χ1v) is 9.26. The van der Waals surface area contributed by atoms with Crippen molar-refractivity contribution in [1.29, 1.82) is 0 Å². The minimum atomic E-state index is -4.37. The van der Waals surface area contributed by atoms with E-state index in [9.17, 15) is 22.4 Å². The number of halogens is 4. The smallest absolute Gasteiger partial charge is 0.380 e. The molecular formula is C20H17F4NO2S. The summed E-state index contributed by atoms with van der Waals surface area (Å²) in [6.07, 6.45) is -4.00. The summed E-state index contributed by atoms with van der Waals surface area (Å²) in [5, 5.41) is 3.12. The molecule has 3 aromatic rings. The highest BCUT2D eigenvalue weighted by Crippen LogP contribution is 2.34. The molecule has 0 saturated heterocycles. The van der Waals surface area contributed by atoms with Gasteiger partial charge >= 0.3 is 6.18 Å². The van der Waals surface area contributed by atoms with Crippen molar-refractivity contribution in [3.05, 3.63) is 69.8 Å². The second kappa shape index (κ2) is 8.28. The van der Waals surface area contributed by atoms with Gasteiger partial charge in [-0.25, -0.2) is 4.39 Å². The van der Waals surface area contributed by atoms with Gasteiger partial charge < -0.3 is 10.1 Å². The number of ether oxygens (including phenoxy) is 1. The van der Waals surface area contributed by atoms with Crippen molar-refractivity contribution in [2.75, 3.05) is 13.7 Å². The van der Waals surface area contributed by atoms with Crippen LogP contribution < -0.4 is 5.32 Å². The molecule has 3 rings (SSSR count). The van der Waals surface area contributed by atoms with Crippen LogP contribution >= 0.6 is 11.3 Å². The van der Waals surface area contributed by atoms with E-state index >= 15 is 0 Å². The van der Waals surface area contributed by atoms with Crippen LogP contribution in [0.5, 0.6) is 0 Å². The lowest BCUT2D eigenvalue weighted by Crippen LogP contribution is -2.25. The number of methoxy groups -OCH3 is 1. The molecule has 0 aliphatic carbocycles. The van der Waals surface area contributed by atoms with Crippen molar-refractivity contribution in [3.63, 3.8) is 0 Å². The average Bonchev–Trinajstić information content (AvgIpc) is 3.02. The quantitative estimate of drug-likeness (QED) is 0.568. The Balaban J connectivity index is 1.70. The molecule has 0 radical (unpaired) electrons. The van der Waals surface area contributed by atoms with Crippen molar-refractivity contribution in [3.8, 4) is 0 Å². The molecule has 0 atom stereocenters. The molecule has 0 spiro atoms. The molecule has 0 bridgehead atoms. The number of benzene rings is 2. The number of hydrogen-bond donors (Lipinski definition) is 1. The van der Waals surface area contributed by atoms with Gasteiger partial charge in [-0.1, -0.05) is 18.2 Å². The standard InChI is InChI=1S/C20H17F4NO2S/c1-27-11-14-17-15(21)3-2-4-16(17)28-18(14)19(26)25-10-9-12-5-7-13(8-6-12)20(22,23)24/h2-8H,9-11H2,1H3,(H,25,26). The normalized spacial score (nSPS) is 11.8. The number of nitrogens with one attached hydrogen (secondary N) is 1. The van der Waals surface area contributed by atoms with E-state index in [1.54, 1.807) is 12.1 Å². The van der Waals surface area contributed by atoms with E-state index < -0.39 is 17.6 Å². The molecule has 0 aliphatic rings. The number of fused-ring (bicyclic) bond motifs is 1. The van der Waals surface area contributed by atoms with E-state index in [1.807, 2.05) is 0 Å². The summed E-state index contributed by atoms with van der Waals surface area (Å²) in [5.41, 5.74) is 0.456. The SMILES string of the molecule is COCc1c(C(=O)NCCc2ccc(C(F)(F)F)cc2)sc2cccc(F)c12. The Bertz CT molecular complexity index is 980. The van der Waals surface area contributed by atoms with Crippen LogP contribution in [0.25, 0.3) is 10.1 Å². The Morgan fingerprint density at radius 1 is 1.14 bits per heavy atom. The van der Waals surface area contributed by atoms with E-state index in [0.717, 1.165) is 12.1 Å². The van der Waals surface area contributed by atoms with Crippen LogP contribution in [0.4, 0.5) is 17.6 Å². The first-order chi connectivity index (χ1) is 13.3. The molecule has 3 nitrogen and oxygen atoms in total. The molecule has 0 saturated carbocycles. The number of rotatable bonds is 6. The second-order valence-corrected chi connectivity index (χ2v) is 7.21. The van der Waals surface area contributed by atoms with Crippen LogP contribution in [0.3, 0.4) is 0 Å². The third kappa shape index (κ3) is 4.34. The van der Waals surface area contributed by atoms with Gasteiger partial charge in [-0.05, 0) is 36.2 Å². The van der Waals surface area contributed by atoms with Crippen LogP contribution in [0, 0.1) is 5.82 Å². The van der Waals surface area contributed by atoms with Gasteiger partial charge in [-0.15, -0.1) is 11.3 Å². The molecule has 0 aliphatic heterocycles. The molecule has 1 amide bonds. The summed E-state index contributed by atoms with van der Waals surface area (Å²) in [5.74, 6) is -0.774. The Morgan fingerprint density at radius 3 is 2.50 bits per heavy atom. The first-order valence-electron chi connectivity index (χ1n) is 8.44. The maximum Gasteiger partial charge on any atom is 0.416 e. The number of amides is 1. The highest BCUT2D eigenvalue weighted by Gasteiger charge is 2.29. The number of hydrogen-bond acceptors (Lipinski definition) is 3. The monoisotopic (exact) mass is 411 g/mol. The Kier molecular flexibility index (Phi) is 6.00. The van der Waals surface area contributed by atoms with Gasteiger partial charge in [0.1, 0.15) is 5.82 Å².